The molecule has 0 unspecified atom stereocenters. The maximum Gasteiger partial charge on any atom is 0.247 e. The summed E-state index contributed by atoms with van der Waals surface area (Å²) in [5.41, 5.74) is 1.79. The van der Waals surface area contributed by atoms with Gasteiger partial charge in [0.05, 0.1) is 13.2 Å². The van der Waals surface area contributed by atoms with Gasteiger partial charge in [-0.3, -0.25) is 4.79 Å². The molecule has 0 fully saturated rings. The Balaban J connectivity index is 2.11. The molecule has 174 valence electrons. The van der Waals surface area contributed by atoms with Gasteiger partial charge in [-0.2, -0.15) is 4.31 Å². The summed E-state index contributed by atoms with van der Waals surface area (Å²) >= 11 is 0. The van der Waals surface area contributed by atoms with Crippen molar-refractivity contribution >= 4 is 15.9 Å². The molecule has 0 aliphatic carbocycles. The number of amides is 1. The minimum absolute atomic E-state index is 0.00526. The first-order valence-electron chi connectivity index (χ1n) is 10.9. The van der Waals surface area contributed by atoms with Gasteiger partial charge in [-0.25, -0.2) is 8.42 Å². The van der Waals surface area contributed by atoms with Crippen LogP contribution in [-0.4, -0.2) is 67.5 Å². The Morgan fingerprint density at radius 1 is 1.22 bits per heavy atom. The zero-order valence-corrected chi connectivity index (χ0v) is 19.9. The van der Waals surface area contributed by atoms with E-state index >= 15 is 0 Å². The summed E-state index contributed by atoms with van der Waals surface area (Å²) in [6.07, 6.45) is -0.0295. The first kappa shape index (κ1) is 24.2. The molecule has 0 saturated carbocycles. The highest BCUT2D eigenvalue weighted by molar-refractivity contribution is 7.89. The topological polar surface area (TPSA) is 87.2 Å². The van der Waals surface area contributed by atoms with Crippen molar-refractivity contribution in [3.05, 3.63) is 48.5 Å². The van der Waals surface area contributed by atoms with Crippen molar-refractivity contribution in [2.45, 2.75) is 44.2 Å². The number of aliphatic hydroxyl groups excluding tert-OH is 1. The molecule has 0 saturated heterocycles. The molecule has 0 spiro atoms. The predicted molar refractivity (Wildman–Crippen MR) is 124 cm³/mol. The first-order chi connectivity index (χ1) is 15.2. The van der Waals surface area contributed by atoms with E-state index in [9.17, 15) is 18.3 Å². The van der Waals surface area contributed by atoms with Crippen molar-refractivity contribution < 1.29 is 23.1 Å². The van der Waals surface area contributed by atoms with Gasteiger partial charge >= 0.3 is 0 Å². The molecule has 1 amide bonds. The van der Waals surface area contributed by atoms with Crippen molar-refractivity contribution in [3.8, 4) is 16.9 Å². The van der Waals surface area contributed by atoms with Gasteiger partial charge in [0.25, 0.3) is 0 Å². The maximum atomic E-state index is 13.5. The highest BCUT2D eigenvalue weighted by Crippen LogP contribution is 2.36. The lowest BCUT2D eigenvalue weighted by atomic mass is 10.0. The minimum Gasteiger partial charge on any atom is -0.487 e. The SMILES string of the molecule is CCC(=O)N(C)C[C@@H]1Oc2cc(-c3ccccc3)ccc2S(=O)(=O)N([C@H](C)CO)C[C@@H]1C. The predicted octanol–water partition coefficient (Wildman–Crippen LogP) is 2.99. The summed E-state index contributed by atoms with van der Waals surface area (Å²) in [5, 5.41) is 9.73. The molecule has 1 aliphatic heterocycles. The first-order valence-corrected chi connectivity index (χ1v) is 12.4. The fourth-order valence-electron chi connectivity index (χ4n) is 3.90. The second kappa shape index (κ2) is 10.0. The summed E-state index contributed by atoms with van der Waals surface area (Å²) in [6, 6.07) is 14.2. The third kappa shape index (κ3) is 4.98. The van der Waals surface area contributed by atoms with Crippen LogP contribution in [0.5, 0.6) is 5.75 Å². The molecule has 1 N–H and O–H groups in total. The van der Waals surface area contributed by atoms with Crippen LogP contribution in [0.25, 0.3) is 11.1 Å². The summed E-state index contributed by atoms with van der Waals surface area (Å²) in [7, 11) is -2.16. The van der Waals surface area contributed by atoms with E-state index in [0.29, 0.717) is 13.0 Å². The third-order valence-electron chi connectivity index (χ3n) is 5.96. The van der Waals surface area contributed by atoms with Crippen LogP contribution in [-0.2, 0) is 14.8 Å². The van der Waals surface area contributed by atoms with Crippen LogP contribution >= 0.6 is 0 Å². The molecule has 2 aromatic carbocycles. The Morgan fingerprint density at radius 2 is 1.91 bits per heavy atom. The summed E-state index contributed by atoms with van der Waals surface area (Å²) in [6.45, 7) is 5.64. The number of fused-ring (bicyclic) bond motifs is 1. The summed E-state index contributed by atoms with van der Waals surface area (Å²) < 4.78 is 34.7. The van der Waals surface area contributed by atoms with Gasteiger partial charge in [-0.05, 0) is 30.2 Å². The molecular weight excluding hydrogens is 428 g/mol. The van der Waals surface area contributed by atoms with E-state index in [-0.39, 0.29) is 35.6 Å². The Hall–Kier alpha value is -2.42. The number of likely N-dealkylation sites (N-methyl/N-ethyl adjacent to an activating group) is 1. The van der Waals surface area contributed by atoms with E-state index in [1.807, 2.05) is 37.3 Å². The molecule has 1 aliphatic rings. The Kier molecular flexibility index (Phi) is 7.59. The zero-order valence-electron chi connectivity index (χ0n) is 19.1. The lowest BCUT2D eigenvalue weighted by Gasteiger charge is -2.37. The van der Waals surface area contributed by atoms with Crippen LogP contribution in [0.2, 0.25) is 0 Å². The normalized spacial score (nSPS) is 21.5. The molecule has 3 rings (SSSR count). The van der Waals surface area contributed by atoms with Crippen molar-refractivity contribution in [1.82, 2.24) is 9.21 Å². The quantitative estimate of drug-likeness (QED) is 0.716. The van der Waals surface area contributed by atoms with Crippen LogP contribution in [0.1, 0.15) is 27.2 Å². The molecule has 7 nitrogen and oxygen atoms in total. The van der Waals surface area contributed by atoms with Gasteiger partial charge in [0.15, 0.2) is 0 Å². The number of carbonyl (C=O) groups is 1. The van der Waals surface area contributed by atoms with E-state index in [2.05, 4.69) is 0 Å². The standard InChI is InChI=1S/C24H32N2O5S/c1-5-24(28)25(4)15-22-17(2)14-26(18(3)16-27)32(29,30)23-12-11-20(13-21(23)31-22)19-9-7-6-8-10-19/h6-13,17-18,22,27H,5,14-16H2,1-4H3/t17-,18+,22-/m0/s1. The molecule has 2 aromatic rings. The zero-order chi connectivity index (χ0) is 23.5. The minimum atomic E-state index is -3.89. The highest BCUT2D eigenvalue weighted by atomic mass is 32.2. The van der Waals surface area contributed by atoms with Crippen LogP contribution in [0.15, 0.2) is 53.4 Å². The molecular formula is C24H32N2O5S. The van der Waals surface area contributed by atoms with E-state index in [0.717, 1.165) is 11.1 Å². The number of benzene rings is 2. The number of carbonyl (C=O) groups excluding carboxylic acids is 1. The Labute approximate surface area is 190 Å². The number of ether oxygens (including phenoxy) is 1. The van der Waals surface area contributed by atoms with Crippen molar-refractivity contribution in [2.24, 2.45) is 5.92 Å². The molecule has 8 heteroatoms. The lowest BCUT2D eigenvalue weighted by molar-refractivity contribution is -0.131. The number of hydrogen-bond donors (Lipinski definition) is 1. The molecule has 0 bridgehead atoms. The van der Waals surface area contributed by atoms with Gasteiger partial charge in [0, 0.05) is 32.0 Å². The van der Waals surface area contributed by atoms with Crippen LogP contribution in [0.3, 0.4) is 0 Å². The van der Waals surface area contributed by atoms with Gasteiger partial charge in [0.1, 0.15) is 16.7 Å². The maximum absolute atomic E-state index is 13.5. The third-order valence-corrected chi connectivity index (χ3v) is 7.98. The van der Waals surface area contributed by atoms with E-state index in [4.69, 9.17) is 4.74 Å². The molecule has 32 heavy (non-hydrogen) atoms. The number of sulfonamides is 1. The fraction of sp³-hybridized carbons (Fsp3) is 0.458. The largest absolute Gasteiger partial charge is 0.487 e. The van der Waals surface area contributed by atoms with Gasteiger partial charge in [-0.15, -0.1) is 0 Å². The van der Waals surface area contributed by atoms with Crippen molar-refractivity contribution in [3.63, 3.8) is 0 Å². The Morgan fingerprint density at radius 3 is 2.53 bits per heavy atom. The average Bonchev–Trinajstić information content (AvgIpc) is 2.80. The smallest absolute Gasteiger partial charge is 0.247 e. The Bertz CT molecular complexity index is 1040. The van der Waals surface area contributed by atoms with Crippen LogP contribution in [0, 0.1) is 5.92 Å². The van der Waals surface area contributed by atoms with Gasteiger partial charge in [-0.1, -0.05) is 50.2 Å². The van der Waals surface area contributed by atoms with E-state index in [1.54, 1.807) is 44.0 Å². The summed E-state index contributed by atoms with van der Waals surface area (Å²) in [5.74, 6) is 0.0455. The monoisotopic (exact) mass is 460 g/mol. The molecule has 3 atom stereocenters. The van der Waals surface area contributed by atoms with Gasteiger partial charge < -0.3 is 14.7 Å². The fourth-order valence-corrected chi connectivity index (χ4v) is 5.72. The second-order valence-corrected chi connectivity index (χ2v) is 10.3. The highest BCUT2D eigenvalue weighted by Gasteiger charge is 2.38. The number of nitrogens with zero attached hydrogens (tertiary/aromatic N) is 2. The lowest BCUT2D eigenvalue weighted by Crippen LogP contribution is -2.50. The van der Waals surface area contributed by atoms with E-state index < -0.39 is 22.2 Å². The van der Waals surface area contributed by atoms with Gasteiger partial charge in [0.2, 0.25) is 15.9 Å². The number of hydrogen-bond acceptors (Lipinski definition) is 5. The van der Waals surface area contributed by atoms with E-state index in [1.165, 1.54) is 4.31 Å². The number of aliphatic hydroxyl groups is 1. The molecule has 1 heterocycles. The number of rotatable bonds is 6. The van der Waals surface area contributed by atoms with Crippen molar-refractivity contribution in [1.29, 1.82) is 0 Å². The summed E-state index contributed by atoms with van der Waals surface area (Å²) in [4.78, 5) is 13.9. The van der Waals surface area contributed by atoms with Crippen LogP contribution < -0.4 is 4.74 Å². The second-order valence-electron chi connectivity index (χ2n) is 8.40. The molecule has 0 radical (unpaired) electrons. The van der Waals surface area contributed by atoms with Crippen molar-refractivity contribution in [2.75, 3.05) is 26.7 Å². The average molecular weight is 461 g/mol. The molecule has 0 aromatic heterocycles. The van der Waals surface area contributed by atoms with Crippen LogP contribution in [0.4, 0.5) is 0 Å².